The summed E-state index contributed by atoms with van der Waals surface area (Å²) < 4.78 is 5.44. The Morgan fingerprint density at radius 3 is 2.30 bits per heavy atom. The predicted molar refractivity (Wildman–Crippen MR) is 152 cm³/mol. The number of ether oxygens (including phenoxy) is 1. The molecule has 2 N–H and O–H groups in total. The number of halogens is 1. The van der Waals surface area contributed by atoms with Crippen molar-refractivity contribution in [2.24, 2.45) is 0 Å². The Morgan fingerprint density at radius 2 is 1.57 bits per heavy atom. The Bertz CT molecular complexity index is 1430. The maximum absolute atomic E-state index is 13.6. The standard InChI is InChI=1S/C30H27ClN2O3S/c1-19-10-7-8-15-24(19)29(34)32-22-13-9-14-23(17-22)37-28(21-11-5-4-6-12-21)30(35)33-26-16-20(2)25(31)18-27(26)36-3/h4-18,28H,1-3H3,(H,32,34)(H,33,35). The van der Waals surface area contributed by atoms with Crippen molar-refractivity contribution in [1.82, 2.24) is 0 Å². The molecule has 0 saturated carbocycles. The van der Waals surface area contributed by atoms with Crippen LogP contribution >= 0.6 is 23.4 Å². The smallest absolute Gasteiger partial charge is 0.255 e. The van der Waals surface area contributed by atoms with Gasteiger partial charge in [-0.1, -0.05) is 66.2 Å². The Kier molecular flexibility index (Phi) is 8.54. The minimum absolute atomic E-state index is 0.178. The fourth-order valence-corrected chi connectivity index (χ4v) is 5.08. The normalized spacial score (nSPS) is 11.5. The molecular formula is C30H27ClN2O3S. The quantitative estimate of drug-likeness (QED) is 0.229. The molecule has 2 amide bonds. The lowest BCUT2D eigenvalue weighted by Gasteiger charge is -2.19. The lowest BCUT2D eigenvalue weighted by atomic mass is 10.1. The highest BCUT2D eigenvalue weighted by atomic mass is 35.5. The first kappa shape index (κ1) is 26.3. The van der Waals surface area contributed by atoms with E-state index >= 15 is 0 Å². The predicted octanol–water partition coefficient (Wildman–Crippen LogP) is 7.69. The van der Waals surface area contributed by atoms with Crippen molar-refractivity contribution in [2.45, 2.75) is 24.0 Å². The first-order chi connectivity index (χ1) is 17.9. The number of carbonyl (C=O) groups is 2. The van der Waals surface area contributed by atoms with Gasteiger partial charge in [-0.2, -0.15) is 0 Å². The van der Waals surface area contributed by atoms with Crippen LogP contribution in [0.5, 0.6) is 5.75 Å². The van der Waals surface area contributed by atoms with Crippen LogP contribution in [-0.2, 0) is 4.79 Å². The average molecular weight is 531 g/mol. The number of thioether (sulfide) groups is 1. The average Bonchev–Trinajstić information content (AvgIpc) is 2.90. The third-order valence-corrected chi connectivity index (χ3v) is 7.47. The van der Waals surface area contributed by atoms with Gasteiger partial charge in [0.15, 0.2) is 0 Å². The molecule has 0 aliphatic heterocycles. The molecule has 0 fully saturated rings. The van der Waals surface area contributed by atoms with Gasteiger partial charge in [0, 0.05) is 27.2 Å². The van der Waals surface area contributed by atoms with Crippen LogP contribution in [0.4, 0.5) is 11.4 Å². The van der Waals surface area contributed by atoms with E-state index in [2.05, 4.69) is 10.6 Å². The summed E-state index contributed by atoms with van der Waals surface area (Å²) in [6, 6.07) is 28.0. The Hall–Kier alpha value is -3.74. The molecule has 0 bridgehead atoms. The molecule has 0 aliphatic rings. The van der Waals surface area contributed by atoms with Gasteiger partial charge in [0.05, 0.1) is 12.8 Å². The van der Waals surface area contributed by atoms with Gasteiger partial charge in [0.1, 0.15) is 11.0 Å². The summed E-state index contributed by atoms with van der Waals surface area (Å²) in [5.41, 5.74) is 4.41. The van der Waals surface area contributed by atoms with E-state index < -0.39 is 5.25 Å². The van der Waals surface area contributed by atoms with E-state index in [0.29, 0.717) is 27.7 Å². The maximum Gasteiger partial charge on any atom is 0.255 e. The van der Waals surface area contributed by atoms with E-state index in [4.69, 9.17) is 16.3 Å². The number of methoxy groups -OCH3 is 1. The zero-order valence-electron chi connectivity index (χ0n) is 20.7. The van der Waals surface area contributed by atoms with Crippen molar-refractivity contribution in [3.63, 3.8) is 0 Å². The van der Waals surface area contributed by atoms with E-state index in [1.54, 1.807) is 18.2 Å². The molecule has 0 spiro atoms. The molecule has 4 rings (SSSR count). The topological polar surface area (TPSA) is 67.4 Å². The van der Waals surface area contributed by atoms with Crippen LogP contribution in [0.25, 0.3) is 0 Å². The van der Waals surface area contributed by atoms with Gasteiger partial charge >= 0.3 is 0 Å². The van der Waals surface area contributed by atoms with Crippen molar-refractivity contribution in [3.05, 3.63) is 118 Å². The van der Waals surface area contributed by atoms with Crippen LogP contribution in [0.3, 0.4) is 0 Å². The summed E-state index contributed by atoms with van der Waals surface area (Å²) in [6.07, 6.45) is 0. The second-order valence-electron chi connectivity index (χ2n) is 8.50. The van der Waals surface area contributed by atoms with Crippen molar-refractivity contribution < 1.29 is 14.3 Å². The lowest BCUT2D eigenvalue weighted by Crippen LogP contribution is -2.19. The van der Waals surface area contributed by atoms with Crippen molar-refractivity contribution in [2.75, 3.05) is 17.7 Å². The van der Waals surface area contributed by atoms with E-state index in [9.17, 15) is 9.59 Å². The van der Waals surface area contributed by atoms with E-state index in [1.165, 1.54) is 18.9 Å². The first-order valence-corrected chi connectivity index (χ1v) is 12.9. The minimum atomic E-state index is -0.552. The summed E-state index contributed by atoms with van der Waals surface area (Å²) in [5, 5.41) is 5.99. The van der Waals surface area contributed by atoms with Crippen LogP contribution in [0.15, 0.2) is 95.9 Å². The fraction of sp³-hybridized carbons (Fsp3) is 0.133. The van der Waals surface area contributed by atoms with Crippen LogP contribution in [0.2, 0.25) is 5.02 Å². The molecule has 4 aromatic rings. The van der Waals surface area contributed by atoms with Gasteiger partial charge in [-0.15, -0.1) is 11.8 Å². The number of carbonyl (C=O) groups excluding carboxylic acids is 2. The summed E-state index contributed by atoms with van der Waals surface area (Å²) in [6.45, 7) is 3.78. The molecule has 0 radical (unpaired) electrons. The third kappa shape index (κ3) is 6.53. The van der Waals surface area contributed by atoms with Crippen molar-refractivity contribution >= 4 is 46.6 Å². The van der Waals surface area contributed by atoms with Crippen LogP contribution in [0, 0.1) is 13.8 Å². The number of anilines is 2. The second-order valence-corrected chi connectivity index (χ2v) is 10.1. The number of rotatable bonds is 8. The molecule has 0 aromatic heterocycles. The zero-order valence-corrected chi connectivity index (χ0v) is 22.3. The summed E-state index contributed by atoms with van der Waals surface area (Å²) >= 11 is 7.64. The number of aryl methyl sites for hydroxylation is 2. The summed E-state index contributed by atoms with van der Waals surface area (Å²) in [7, 11) is 1.54. The molecule has 4 aromatic carbocycles. The number of amides is 2. The highest BCUT2D eigenvalue weighted by molar-refractivity contribution is 8.00. The van der Waals surface area contributed by atoms with Crippen LogP contribution in [-0.4, -0.2) is 18.9 Å². The maximum atomic E-state index is 13.6. The molecule has 1 atom stereocenters. The van der Waals surface area contributed by atoms with E-state index in [-0.39, 0.29) is 11.8 Å². The summed E-state index contributed by atoms with van der Waals surface area (Å²) in [4.78, 5) is 27.2. The monoisotopic (exact) mass is 530 g/mol. The second kappa shape index (κ2) is 12.0. The van der Waals surface area contributed by atoms with Crippen LogP contribution in [0.1, 0.15) is 32.3 Å². The Morgan fingerprint density at radius 1 is 0.838 bits per heavy atom. The first-order valence-electron chi connectivity index (χ1n) is 11.7. The highest BCUT2D eigenvalue weighted by Crippen LogP contribution is 2.39. The number of hydrogen-bond donors (Lipinski definition) is 2. The third-order valence-electron chi connectivity index (χ3n) is 5.81. The van der Waals surface area contributed by atoms with Gasteiger partial charge < -0.3 is 15.4 Å². The number of benzene rings is 4. The molecule has 1 unspecified atom stereocenters. The van der Waals surface area contributed by atoms with Crippen molar-refractivity contribution in [3.8, 4) is 5.75 Å². The van der Waals surface area contributed by atoms with Crippen LogP contribution < -0.4 is 15.4 Å². The molecule has 5 nitrogen and oxygen atoms in total. The fourth-order valence-electron chi connectivity index (χ4n) is 3.84. The molecule has 0 saturated heterocycles. The number of hydrogen-bond acceptors (Lipinski definition) is 4. The van der Waals surface area contributed by atoms with Crippen molar-refractivity contribution in [1.29, 1.82) is 0 Å². The molecular weight excluding hydrogens is 504 g/mol. The minimum Gasteiger partial charge on any atom is -0.495 e. The van der Waals surface area contributed by atoms with Gasteiger partial charge in [0.25, 0.3) is 5.91 Å². The van der Waals surface area contributed by atoms with E-state index in [1.807, 2.05) is 86.6 Å². The van der Waals surface area contributed by atoms with Gasteiger partial charge in [-0.05, 0) is 60.9 Å². The Balaban J connectivity index is 1.58. The lowest BCUT2D eigenvalue weighted by molar-refractivity contribution is -0.115. The SMILES string of the molecule is COc1cc(Cl)c(C)cc1NC(=O)C(Sc1cccc(NC(=O)c2ccccc2C)c1)c1ccccc1. The molecule has 37 heavy (non-hydrogen) atoms. The highest BCUT2D eigenvalue weighted by Gasteiger charge is 2.24. The van der Waals surface area contributed by atoms with Gasteiger partial charge in [-0.3, -0.25) is 9.59 Å². The van der Waals surface area contributed by atoms with Gasteiger partial charge in [0.2, 0.25) is 5.91 Å². The van der Waals surface area contributed by atoms with E-state index in [0.717, 1.165) is 21.6 Å². The Labute approximate surface area is 226 Å². The largest absolute Gasteiger partial charge is 0.495 e. The molecule has 188 valence electrons. The zero-order chi connectivity index (χ0) is 26.4. The molecule has 0 heterocycles. The summed E-state index contributed by atoms with van der Waals surface area (Å²) in [5.74, 6) is 0.107. The molecule has 7 heteroatoms. The van der Waals surface area contributed by atoms with Gasteiger partial charge in [-0.25, -0.2) is 0 Å². The molecule has 0 aliphatic carbocycles. The number of nitrogens with one attached hydrogen (secondary N) is 2.